The maximum atomic E-state index is 12.7. The Bertz CT molecular complexity index is 509. The van der Waals surface area contributed by atoms with Gasteiger partial charge in [0.25, 0.3) is 0 Å². The van der Waals surface area contributed by atoms with Gasteiger partial charge in [-0.15, -0.1) is 0 Å². The van der Waals surface area contributed by atoms with Crippen LogP contribution in [-0.2, 0) is 4.79 Å². The molecule has 134 valence electrons. The van der Waals surface area contributed by atoms with Gasteiger partial charge in [0, 0.05) is 32.4 Å². The van der Waals surface area contributed by atoms with E-state index < -0.39 is 5.54 Å². The Morgan fingerprint density at radius 1 is 1.38 bits per heavy atom. The first-order valence-corrected chi connectivity index (χ1v) is 9.22. The predicted molar refractivity (Wildman–Crippen MR) is 98.9 cm³/mol. The van der Waals surface area contributed by atoms with Gasteiger partial charge >= 0.3 is 0 Å². The van der Waals surface area contributed by atoms with E-state index >= 15 is 0 Å². The summed E-state index contributed by atoms with van der Waals surface area (Å²) in [5.74, 6) is 1.70. The van der Waals surface area contributed by atoms with Crippen molar-refractivity contribution in [3.8, 4) is 0 Å². The van der Waals surface area contributed by atoms with Crippen LogP contribution in [0.4, 0.5) is 5.82 Å². The Labute approximate surface area is 146 Å². The molecular weight excluding hydrogens is 300 g/mol. The molecule has 2 N–H and O–H groups in total. The highest BCUT2D eigenvalue weighted by molar-refractivity contribution is 5.85. The maximum Gasteiger partial charge on any atom is 0.242 e. The van der Waals surface area contributed by atoms with Crippen LogP contribution in [0.3, 0.4) is 0 Å². The number of carbonyl (C=O) groups is 1. The number of nitrogens with zero attached hydrogens (tertiary/aromatic N) is 3. The molecule has 24 heavy (non-hydrogen) atoms. The third-order valence-corrected chi connectivity index (χ3v) is 4.99. The van der Waals surface area contributed by atoms with Gasteiger partial charge in [0.1, 0.15) is 5.82 Å². The lowest BCUT2D eigenvalue weighted by Gasteiger charge is -2.37. The summed E-state index contributed by atoms with van der Waals surface area (Å²) in [5.41, 5.74) is 5.51. The average molecular weight is 332 g/mol. The fourth-order valence-corrected chi connectivity index (χ4v) is 3.54. The first-order valence-electron chi connectivity index (χ1n) is 9.22. The number of aromatic nitrogens is 1. The second-order valence-electron chi connectivity index (χ2n) is 7.13. The molecule has 1 saturated heterocycles. The number of rotatable bonds is 7. The molecule has 0 saturated carbocycles. The van der Waals surface area contributed by atoms with Crippen molar-refractivity contribution in [2.45, 2.75) is 52.0 Å². The second kappa shape index (κ2) is 8.47. The number of hydrogen-bond donors (Lipinski definition) is 1. The van der Waals surface area contributed by atoms with Crippen LogP contribution in [0, 0.1) is 5.92 Å². The van der Waals surface area contributed by atoms with Crippen molar-refractivity contribution in [2.24, 2.45) is 11.7 Å². The summed E-state index contributed by atoms with van der Waals surface area (Å²) < 4.78 is 0. The molecule has 0 aromatic carbocycles. The molecule has 1 atom stereocenters. The van der Waals surface area contributed by atoms with Gasteiger partial charge in [-0.1, -0.05) is 19.4 Å². The first-order chi connectivity index (χ1) is 11.5. The van der Waals surface area contributed by atoms with Crippen molar-refractivity contribution in [3.63, 3.8) is 0 Å². The van der Waals surface area contributed by atoms with E-state index in [9.17, 15) is 4.79 Å². The highest BCUT2D eigenvalue weighted by Gasteiger charge is 2.32. The van der Waals surface area contributed by atoms with Crippen LogP contribution in [0.25, 0.3) is 0 Å². The molecule has 1 fully saturated rings. The van der Waals surface area contributed by atoms with Gasteiger partial charge in [0.2, 0.25) is 5.91 Å². The molecule has 2 rings (SSSR count). The van der Waals surface area contributed by atoms with E-state index in [1.165, 1.54) is 0 Å². The average Bonchev–Trinajstić information content (AvgIpc) is 2.60. The molecule has 5 heteroatoms. The van der Waals surface area contributed by atoms with Crippen LogP contribution in [0.1, 0.15) is 46.5 Å². The molecule has 1 amide bonds. The quantitative estimate of drug-likeness (QED) is 0.834. The second-order valence-corrected chi connectivity index (χ2v) is 7.13. The number of nitrogens with two attached hydrogens (primary N) is 1. The highest BCUT2D eigenvalue weighted by atomic mass is 16.2. The van der Waals surface area contributed by atoms with Crippen LogP contribution in [0.5, 0.6) is 0 Å². The highest BCUT2D eigenvalue weighted by Crippen LogP contribution is 2.23. The van der Waals surface area contributed by atoms with Crippen LogP contribution in [0.15, 0.2) is 24.4 Å². The van der Waals surface area contributed by atoms with Crippen LogP contribution in [0.2, 0.25) is 0 Å². The number of hydrogen-bond acceptors (Lipinski definition) is 4. The van der Waals surface area contributed by atoms with E-state index in [-0.39, 0.29) is 5.91 Å². The van der Waals surface area contributed by atoms with Crippen molar-refractivity contribution in [1.82, 2.24) is 9.88 Å². The number of amides is 1. The van der Waals surface area contributed by atoms with Crippen LogP contribution >= 0.6 is 0 Å². The lowest BCUT2D eigenvalue weighted by molar-refractivity contribution is -0.137. The Balaban J connectivity index is 1.88. The summed E-state index contributed by atoms with van der Waals surface area (Å²) in [6.45, 7) is 9.54. The molecule has 5 nitrogen and oxygen atoms in total. The molecule has 1 unspecified atom stereocenters. The smallest absolute Gasteiger partial charge is 0.242 e. The van der Waals surface area contributed by atoms with E-state index in [0.29, 0.717) is 5.92 Å². The molecule has 1 aliphatic rings. The Hall–Kier alpha value is -1.62. The zero-order chi connectivity index (χ0) is 17.6. The summed E-state index contributed by atoms with van der Waals surface area (Å²) in [6.07, 6.45) is 5.69. The molecule has 0 spiro atoms. The molecule has 2 heterocycles. The van der Waals surface area contributed by atoms with Gasteiger partial charge in [0.05, 0.1) is 5.54 Å². The molecule has 1 aromatic heterocycles. The molecule has 1 aromatic rings. The Kier molecular flexibility index (Phi) is 6.60. The van der Waals surface area contributed by atoms with Gasteiger partial charge in [-0.25, -0.2) is 4.98 Å². The fraction of sp³-hybridized carbons (Fsp3) is 0.684. The van der Waals surface area contributed by atoms with Crippen molar-refractivity contribution < 1.29 is 4.79 Å². The third-order valence-electron chi connectivity index (χ3n) is 4.99. The summed E-state index contributed by atoms with van der Waals surface area (Å²) in [4.78, 5) is 21.4. The standard InChI is InChI=1S/C19H32N4O/c1-4-11-19(3,20)18(24)22(5-2)15-16-9-13-23(14-10-16)17-8-6-7-12-21-17/h6-8,12,16H,4-5,9-11,13-15,20H2,1-3H3. The maximum absolute atomic E-state index is 12.7. The number of carbonyl (C=O) groups excluding carboxylic acids is 1. The largest absolute Gasteiger partial charge is 0.357 e. The van der Waals surface area contributed by atoms with E-state index in [1.807, 2.05) is 37.1 Å². The summed E-state index contributed by atoms with van der Waals surface area (Å²) in [5, 5.41) is 0. The van der Waals surface area contributed by atoms with Crippen molar-refractivity contribution >= 4 is 11.7 Å². The number of likely N-dealkylation sites (N-methyl/N-ethyl adjacent to an activating group) is 1. The van der Waals surface area contributed by atoms with E-state index in [4.69, 9.17) is 5.73 Å². The number of anilines is 1. The lowest BCUT2D eigenvalue weighted by atomic mass is 9.92. The minimum atomic E-state index is -0.737. The third kappa shape index (κ3) is 4.69. The zero-order valence-electron chi connectivity index (χ0n) is 15.4. The Morgan fingerprint density at radius 3 is 2.62 bits per heavy atom. The summed E-state index contributed by atoms with van der Waals surface area (Å²) in [6, 6.07) is 6.04. The molecule has 0 bridgehead atoms. The molecule has 0 radical (unpaired) electrons. The van der Waals surface area contributed by atoms with Gasteiger partial charge < -0.3 is 15.5 Å². The van der Waals surface area contributed by atoms with E-state index in [0.717, 1.165) is 57.7 Å². The monoisotopic (exact) mass is 332 g/mol. The molecule has 1 aliphatic heterocycles. The van der Waals surface area contributed by atoms with Gasteiger partial charge in [0.15, 0.2) is 0 Å². The SMILES string of the molecule is CCCC(C)(N)C(=O)N(CC)CC1CCN(c2ccccn2)CC1. The number of pyridine rings is 1. The minimum absolute atomic E-state index is 0.0963. The minimum Gasteiger partial charge on any atom is -0.357 e. The fourth-order valence-electron chi connectivity index (χ4n) is 3.54. The van der Waals surface area contributed by atoms with Crippen molar-refractivity contribution in [1.29, 1.82) is 0 Å². The van der Waals surface area contributed by atoms with Gasteiger partial charge in [-0.3, -0.25) is 4.79 Å². The predicted octanol–water partition coefficient (Wildman–Crippen LogP) is 2.66. The summed E-state index contributed by atoms with van der Waals surface area (Å²) >= 11 is 0. The number of piperidine rings is 1. The topological polar surface area (TPSA) is 62.5 Å². The Morgan fingerprint density at radius 2 is 2.08 bits per heavy atom. The first kappa shape index (κ1) is 18.7. The van der Waals surface area contributed by atoms with E-state index in [1.54, 1.807) is 0 Å². The van der Waals surface area contributed by atoms with Crippen LogP contribution < -0.4 is 10.6 Å². The summed E-state index contributed by atoms with van der Waals surface area (Å²) in [7, 11) is 0. The normalized spacial score (nSPS) is 18.2. The zero-order valence-corrected chi connectivity index (χ0v) is 15.4. The van der Waals surface area contributed by atoms with Crippen LogP contribution in [-0.4, -0.2) is 47.5 Å². The molecule has 0 aliphatic carbocycles. The van der Waals surface area contributed by atoms with Crippen molar-refractivity contribution in [3.05, 3.63) is 24.4 Å². The molecular formula is C19H32N4O. The van der Waals surface area contributed by atoms with Crippen molar-refractivity contribution in [2.75, 3.05) is 31.1 Å². The van der Waals surface area contributed by atoms with E-state index in [2.05, 4.69) is 22.9 Å². The van der Waals surface area contributed by atoms with Gasteiger partial charge in [-0.05, 0) is 51.2 Å². The van der Waals surface area contributed by atoms with Gasteiger partial charge in [-0.2, -0.15) is 0 Å². The lowest BCUT2D eigenvalue weighted by Crippen LogP contribution is -2.54.